The molecule has 32 heavy (non-hydrogen) atoms. The van der Waals surface area contributed by atoms with Crippen LogP contribution in [0.25, 0.3) is 5.57 Å². The molecule has 4 aliphatic rings. The van der Waals surface area contributed by atoms with E-state index in [0.717, 1.165) is 23.2 Å². The van der Waals surface area contributed by atoms with Crippen LogP contribution in [0.4, 0.5) is 5.69 Å². The molecule has 2 atom stereocenters. The highest BCUT2D eigenvalue weighted by atomic mass is 16.5. The average Bonchev–Trinajstić information content (AvgIpc) is 3.01. The van der Waals surface area contributed by atoms with Crippen molar-refractivity contribution in [3.8, 4) is 6.07 Å². The molecule has 1 spiro atoms. The maximum Gasteiger partial charge on any atom is 0.248 e. The number of anilines is 1. The normalized spacial score (nSPS) is 28.5. The Morgan fingerprint density at radius 1 is 1.25 bits per heavy atom. The lowest BCUT2D eigenvalue weighted by atomic mass is 9.64. The zero-order valence-corrected chi connectivity index (χ0v) is 19.0. The number of Topliss-reactive ketones (excluding diaryl/α,β-unsaturated/α-hetero) is 1. The Kier molecular flexibility index (Phi) is 4.23. The number of fused-ring (bicyclic) bond motifs is 2. The molecule has 6 heteroatoms. The van der Waals surface area contributed by atoms with Crippen molar-refractivity contribution < 1.29 is 14.3 Å². The molecule has 0 saturated carbocycles. The highest BCUT2D eigenvalue weighted by Crippen LogP contribution is 2.60. The van der Waals surface area contributed by atoms with Gasteiger partial charge in [0.2, 0.25) is 11.8 Å². The number of benzene rings is 1. The molecule has 0 radical (unpaired) electrons. The number of aryl methyl sites for hydroxylation is 1. The molecule has 1 amide bonds. The molecule has 0 unspecified atom stereocenters. The van der Waals surface area contributed by atoms with E-state index in [4.69, 9.17) is 10.5 Å². The van der Waals surface area contributed by atoms with Crippen LogP contribution in [0.1, 0.15) is 69.6 Å². The lowest BCUT2D eigenvalue weighted by molar-refractivity contribution is -0.125. The number of hydrogen-bond acceptors (Lipinski definition) is 5. The predicted molar refractivity (Wildman–Crippen MR) is 121 cm³/mol. The summed E-state index contributed by atoms with van der Waals surface area (Å²) in [6.07, 6.45) is 5.18. The summed E-state index contributed by atoms with van der Waals surface area (Å²) >= 11 is 0. The van der Waals surface area contributed by atoms with Gasteiger partial charge < -0.3 is 15.4 Å². The first kappa shape index (κ1) is 20.6. The Balaban J connectivity index is 1.97. The van der Waals surface area contributed by atoms with Gasteiger partial charge in [-0.3, -0.25) is 9.59 Å². The molecule has 3 aliphatic heterocycles. The van der Waals surface area contributed by atoms with Gasteiger partial charge in [-0.2, -0.15) is 5.26 Å². The third-order valence-electron chi connectivity index (χ3n) is 7.55. The van der Waals surface area contributed by atoms with Gasteiger partial charge in [-0.1, -0.05) is 31.6 Å². The van der Waals surface area contributed by atoms with Crippen LogP contribution >= 0.6 is 0 Å². The van der Waals surface area contributed by atoms with Crippen molar-refractivity contribution in [2.75, 3.05) is 4.90 Å². The number of carbonyl (C=O) groups excluding carboxylic acids is 2. The fourth-order valence-corrected chi connectivity index (χ4v) is 5.94. The van der Waals surface area contributed by atoms with Crippen molar-refractivity contribution in [2.45, 2.75) is 70.8 Å². The van der Waals surface area contributed by atoms with Gasteiger partial charge in [-0.05, 0) is 44.7 Å². The van der Waals surface area contributed by atoms with E-state index in [0.29, 0.717) is 42.6 Å². The third kappa shape index (κ3) is 2.24. The number of carbonyl (C=O) groups is 2. The van der Waals surface area contributed by atoms with E-state index in [9.17, 15) is 14.9 Å². The van der Waals surface area contributed by atoms with Crippen molar-refractivity contribution >= 4 is 23.0 Å². The molecule has 1 aliphatic carbocycles. The number of nitrogens with zero attached hydrogens (tertiary/aromatic N) is 2. The molecule has 164 valence electrons. The first-order valence-electron chi connectivity index (χ1n) is 11.3. The van der Waals surface area contributed by atoms with Crippen LogP contribution < -0.4 is 10.6 Å². The van der Waals surface area contributed by atoms with Gasteiger partial charge in [0, 0.05) is 24.0 Å². The van der Waals surface area contributed by atoms with Gasteiger partial charge in [0.05, 0.1) is 16.8 Å². The number of rotatable bonds is 2. The van der Waals surface area contributed by atoms with Crippen molar-refractivity contribution in [1.82, 2.24) is 0 Å². The Labute approximate surface area is 188 Å². The summed E-state index contributed by atoms with van der Waals surface area (Å²) in [7, 11) is 0. The van der Waals surface area contributed by atoms with Crippen molar-refractivity contribution in [3.63, 3.8) is 0 Å². The standard InChI is InChI=1S/C26H27N3O3/c1-5-15-12-25(4,6-2)29-22-16(15)10-14(3)11-17(22)26(24(29)31)18(13-27)23(28)32-20-9-7-8-19(30)21(20)26/h10-12H,5-9,28H2,1-4H3/t25-,26-/m1/s1. The predicted octanol–water partition coefficient (Wildman–Crippen LogP) is 4.29. The number of nitrogens with two attached hydrogens (primary N) is 1. The maximum absolute atomic E-state index is 14.6. The molecular weight excluding hydrogens is 402 g/mol. The highest BCUT2D eigenvalue weighted by molar-refractivity contribution is 6.22. The minimum atomic E-state index is -1.55. The number of amides is 1. The third-order valence-corrected chi connectivity index (χ3v) is 7.55. The number of allylic oxidation sites excluding steroid dienone is 2. The molecule has 0 fully saturated rings. The van der Waals surface area contributed by atoms with Gasteiger partial charge in [0.15, 0.2) is 5.78 Å². The summed E-state index contributed by atoms with van der Waals surface area (Å²) < 4.78 is 5.79. The second-order valence-corrected chi connectivity index (χ2v) is 9.36. The van der Waals surface area contributed by atoms with Crippen LogP contribution in [0.5, 0.6) is 0 Å². The van der Waals surface area contributed by atoms with Crippen LogP contribution in [0.3, 0.4) is 0 Å². The van der Waals surface area contributed by atoms with Crippen LogP contribution in [0.2, 0.25) is 0 Å². The van der Waals surface area contributed by atoms with E-state index < -0.39 is 11.0 Å². The Morgan fingerprint density at radius 2 is 2.00 bits per heavy atom. The molecular formula is C26H27N3O3. The highest BCUT2D eigenvalue weighted by Gasteiger charge is 2.65. The molecule has 0 saturated heterocycles. The number of ketones is 1. The van der Waals surface area contributed by atoms with E-state index in [1.165, 1.54) is 5.57 Å². The number of nitriles is 1. The summed E-state index contributed by atoms with van der Waals surface area (Å²) in [5, 5.41) is 10.2. The lowest BCUT2D eigenvalue weighted by Crippen LogP contribution is -2.55. The molecule has 3 heterocycles. The number of ether oxygens (including phenoxy) is 1. The van der Waals surface area contributed by atoms with Gasteiger partial charge in [0.1, 0.15) is 22.8 Å². The van der Waals surface area contributed by atoms with E-state index in [1.54, 1.807) is 0 Å². The Morgan fingerprint density at radius 3 is 2.66 bits per heavy atom. The summed E-state index contributed by atoms with van der Waals surface area (Å²) in [5.41, 5.74) is 9.08. The van der Waals surface area contributed by atoms with Gasteiger partial charge in [-0.25, -0.2) is 0 Å². The fraction of sp³-hybridized carbons (Fsp3) is 0.423. The summed E-state index contributed by atoms with van der Waals surface area (Å²) in [6, 6.07) is 6.21. The second kappa shape index (κ2) is 6.59. The minimum Gasteiger partial charge on any atom is -0.444 e. The first-order valence-corrected chi connectivity index (χ1v) is 11.3. The molecule has 5 rings (SSSR count). The van der Waals surface area contributed by atoms with Crippen LogP contribution in [-0.4, -0.2) is 17.2 Å². The van der Waals surface area contributed by atoms with Gasteiger partial charge >= 0.3 is 0 Å². The van der Waals surface area contributed by atoms with Crippen LogP contribution in [0, 0.1) is 18.3 Å². The number of hydrogen-bond donors (Lipinski definition) is 1. The van der Waals surface area contributed by atoms with E-state index in [1.807, 2.05) is 24.8 Å². The van der Waals surface area contributed by atoms with Crippen molar-refractivity contribution in [2.24, 2.45) is 5.73 Å². The molecule has 0 aromatic heterocycles. The van der Waals surface area contributed by atoms with Gasteiger partial charge in [-0.15, -0.1) is 0 Å². The van der Waals surface area contributed by atoms with Crippen molar-refractivity contribution in [1.29, 1.82) is 5.26 Å². The minimum absolute atomic E-state index is 0.0233. The Hall–Kier alpha value is -3.33. The van der Waals surface area contributed by atoms with Crippen LogP contribution in [0.15, 0.2) is 41.0 Å². The van der Waals surface area contributed by atoms with Crippen molar-refractivity contribution in [3.05, 3.63) is 57.7 Å². The SMILES string of the molecule is CCC1=C[C@@](C)(CC)N2C(=O)[C@@]3(C(C#N)=C(N)OC4=C3C(=O)CCC4)c3cc(C)cc1c32. The Bertz CT molecular complexity index is 1250. The van der Waals surface area contributed by atoms with Gasteiger partial charge in [0.25, 0.3) is 0 Å². The quantitative estimate of drug-likeness (QED) is 0.757. The maximum atomic E-state index is 14.6. The molecule has 1 aromatic rings. The topological polar surface area (TPSA) is 96.4 Å². The van der Waals surface area contributed by atoms with E-state index >= 15 is 0 Å². The lowest BCUT2D eigenvalue weighted by Gasteiger charge is -2.43. The summed E-state index contributed by atoms with van der Waals surface area (Å²) in [5.74, 6) is -0.0631. The largest absolute Gasteiger partial charge is 0.444 e. The smallest absolute Gasteiger partial charge is 0.248 e. The summed E-state index contributed by atoms with van der Waals surface area (Å²) in [6.45, 7) is 8.19. The molecule has 2 N–H and O–H groups in total. The summed E-state index contributed by atoms with van der Waals surface area (Å²) in [4.78, 5) is 29.7. The monoisotopic (exact) mass is 429 g/mol. The fourth-order valence-electron chi connectivity index (χ4n) is 5.94. The first-order chi connectivity index (χ1) is 15.2. The zero-order valence-electron chi connectivity index (χ0n) is 19.0. The van der Waals surface area contributed by atoms with E-state index in [-0.39, 0.29) is 23.1 Å². The molecule has 0 bridgehead atoms. The van der Waals surface area contributed by atoms with E-state index in [2.05, 4.69) is 32.1 Å². The zero-order chi connectivity index (χ0) is 23.0. The molecule has 1 aromatic carbocycles. The second-order valence-electron chi connectivity index (χ2n) is 9.36. The molecule has 6 nitrogen and oxygen atoms in total. The average molecular weight is 430 g/mol. The van der Waals surface area contributed by atoms with Crippen LogP contribution in [-0.2, 0) is 19.7 Å².